The molecule has 0 fully saturated rings. The summed E-state index contributed by atoms with van der Waals surface area (Å²) >= 11 is 0. The van der Waals surface area contributed by atoms with Gasteiger partial charge in [0, 0.05) is 19.6 Å². The molecule has 2 N–H and O–H groups in total. The molecule has 17 heavy (non-hydrogen) atoms. The first-order valence-corrected chi connectivity index (χ1v) is 6.32. The molecule has 0 aromatic carbocycles. The van der Waals surface area contributed by atoms with E-state index in [1.165, 1.54) is 19.3 Å². The number of aliphatic imine (C=N–C) groups is 1. The van der Waals surface area contributed by atoms with Crippen LogP contribution in [-0.2, 0) is 0 Å². The molecule has 0 aliphatic carbocycles. The zero-order chi connectivity index (χ0) is 12.6. The van der Waals surface area contributed by atoms with Crippen molar-refractivity contribution in [2.75, 3.05) is 13.6 Å². The van der Waals surface area contributed by atoms with E-state index in [1.807, 2.05) is 7.05 Å². The lowest BCUT2D eigenvalue weighted by atomic mass is 9.90. The minimum absolute atomic E-state index is 0. The van der Waals surface area contributed by atoms with Crippen molar-refractivity contribution in [3.63, 3.8) is 0 Å². The molecule has 3 nitrogen and oxygen atoms in total. The van der Waals surface area contributed by atoms with Crippen molar-refractivity contribution in [3.8, 4) is 0 Å². The van der Waals surface area contributed by atoms with Gasteiger partial charge in [0.25, 0.3) is 0 Å². The van der Waals surface area contributed by atoms with E-state index in [1.54, 1.807) is 0 Å². The predicted octanol–water partition coefficient (Wildman–Crippen LogP) is 3.39. The average Bonchev–Trinajstić information content (AvgIpc) is 2.13. The highest BCUT2D eigenvalue weighted by Gasteiger charge is 2.08. The van der Waals surface area contributed by atoms with Crippen LogP contribution < -0.4 is 10.6 Å². The van der Waals surface area contributed by atoms with Crippen molar-refractivity contribution in [2.24, 2.45) is 10.4 Å². The van der Waals surface area contributed by atoms with E-state index >= 15 is 0 Å². The topological polar surface area (TPSA) is 36.4 Å². The second-order valence-electron chi connectivity index (χ2n) is 5.82. The van der Waals surface area contributed by atoms with Crippen LogP contribution in [0.4, 0.5) is 0 Å². The van der Waals surface area contributed by atoms with Crippen molar-refractivity contribution < 1.29 is 0 Å². The van der Waals surface area contributed by atoms with E-state index in [4.69, 9.17) is 0 Å². The Bertz CT molecular complexity index is 207. The Labute approximate surface area is 124 Å². The van der Waals surface area contributed by atoms with Crippen LogP contribution in [0.1, 0.15) is 53.9 Å². The van der Waals surface area contributed by atoms with Gasteiger partial charge in [-0.05, 0) is 32.1 Å². The Balaban J connectivity index is 0. The Morgan fingerprint density at radius 1 is 1.18 bits per heavy atom. The maximum Gasteiger partial charge on any atom is 0.191 e. The minimum atomic E-state index is 0. The predicted molar refractivity (Wildman–Crippen MR) is 88.4 cm³/mol. The van der Waals surface area contributed by atoms with Gasteiger partial charge in [0.1, 0.15) is 0 Å². The number of rotatable bonds is 5. The molecule has 0 bridgehead atoms. The Morgan fingerprint density at radius 2 is 1.76 bits per heavy atom. The monoisotopic (exact) mass is 355 g/mol. The van der Waals surface area contributed by atoms with Crippen molar-refractivity contribution >= 4 is 29.9 Å². The van der Waals surface area contributed by atoms with Gasteiger partial charge in [0.2, 0.25) is 0 Å². The molecule has 0 rings (SSSR count). The third-order valence-electron chi connectivity index (χ3n) is 2.29. The van der Waals surface area contributed by atoms with Gasteiger partial charge in [0.05, 0.1) is 0 Å². The SMILES string of the molecule is CN=C(NCCCCC(C)(C)C)NC(C)C.I. The summed E-state index contributed by atoms with van der Waals surface area (Å²) in [7, 11) is 1.81. The molecule has 0 unspecified atom stereocenters. The first kappa shape index (κ1) is 19.3. The summed E-state index contributed by atoms with van der Waals surface area (Å²) < 4.78 is 0. The largest absolute Gasteiger partial charge is 0.356 e. The lowest BCUT2D eigenvalue weighted by Gasteiger charge is -2.18. The molecule has 0 amide bonds. The van der Waals surface area contributed by atoms with Gasteiger partial charge in [-0.2, -0.15) is 0 Å². The first-order chi connectivity index (χ1) is 7.35. The van der Waals surface area contributed by atoms with Crippen LogP contribution in [0, 0.1) is 5.41 Å². The number of halogens is 1. The Hall–Kier alpha value is 0. The zero-order valence-corrected chi connectivity index (χ0v) is 14.6. The molecule has 104 valence electrons. The van der Waals surface area contributed by atoms with Gasteiger partial charge in [-0.3, -0.25) is 4.99 Å². The maximum atomic E-state index is 4.17. The van der Waals surface area contributed by atoms with Gasteiger partial charge in [-0.25, -0.2) is 0 Å². The minimum Gasteiger partial charge on any atom is -0.356 e. The fourth-order valence-corrected chi connectivity index (χ4v) is 1.46. The molecule has 0 aromatic heterocycles. The van der Waals surface area contributed by atoms with E-state index < -0.39 is 0 Å². The van der Waals surface area contributed by atoms with Crippen molar-refractivity contribution in [2.45, 2.75) is 59.9 Å². The Morgan fingerprint density at radius 3 is 2.18 bits per heavy atom. The van der Waals surface area contributed by atoms with Crippen molar-refractivity contribution in [1.82, 2.24) is 10.6 Å². The van der Waals surface area contributed by atoms with Crippen molar-refractivity contribution in [1.29, 1.82) is 0 Å². The smallest absolute Gasteiger partial charge is 0.191 e. The van der Waals surface area contributed by atoms with Crippen LogP contribution in [0.5, 0.6) is 0 Å². The van der Waals surface area contributed by atoms with E-state index in [9.17, 15) is 0 Å². The van der Waals surface area contributed by atoms with Crippen LogP contribution >= 0.6 is 24.0 Å². The van der Waals surface area contributed by atoms with Crippen molar-refractivity contribution in [3.05, 3.63) is 0 Å². The first-order valence-electron chi connectivity index (χ1n) is 6.32. The molecule has 0 spiro atoms. The second kappa shape index (κ2) is 9.97. The highest BCUT2D eigenvalue weighted by atomic mass is 127. The fraction of sp³-hybridized carbons (Fsp3) is 0.923. The summed E-state index contributed by atoms with van der Waals surface area (Å²) in [6.45, 7) is 12.1. The molecule has 0 heterocycles. The fourth-order valence-electron chi connectivity index (χ4n) is 1.46. The second-order valence-corrected chi connectivity index (χ2v) is 5.82. The number of unbranched alkanes of at least 4 members (excludes halogenated alkanes) is 1. The van der Waals surface area contributed by atoms with Gasteiger partial charge >= 0.3 is 0 Å². The van der Waals surface area contributed by atoms with Crippen LogP contribution in [0.3, 0.4) is 0 Å². The Kier molecular flexibility index (Phi) is 11.3. The summed E-state index contributed by atoms with van der Waals surface area (Å²) in [6.07, 6.45) is 3.76. The molecular weight excluding hydrogens is 325 g/mol. The standard InChI is InChI=1S/C13H29N3.HI/c1-11(2)16-12(14-6)15-10-8-7-9-13(3,4)5;/h11H,7-10H2,1-6H3,(H2,14,15,16);1H. The summed E-state index contributed by atoms with van der Waals surface area (Å²) in [6, 6.07) is 0.431. The third-order valence-corrected chi connectivity index (χ3v) is 2.29. The van der Waals surface area contributed by atoms with Crippen LogP contribution in [0.25, 0.3) is 0 Å². The normalized spacial score (nSPS) is 12.3. The average molecular weight is 355 g/mol. The third kappa shape index (κ3) is 13.9. The van der Waals surface area contributed by atoms with Crippen LogP contribution in [0.2, 0.25) is 0 Å². The molecule has 0 aromatic rings. The molecule has 4 heteroatoms. The molecule has 0 aliphatic heterocycles. The summed E-state index contributed by atoms with van der Waals surface area (Å²) in [4.78, 5) is 4.17. The molecular formula is C13H30IN3. The summed E-state index contributed by atoms with van der Waals surface area (Å²) in [5, 5.41) is 6.60. The molecule has 0 saturated heterocycles. The number of nitrogens with zero attached hydrogens (tertiary/aromatic N) is 1. The lowest BCUT2D eigenvalue weighted by Crippen LogP contribution is -2.41. The van der Waals surface area contributed by atoms with E-state index in [-0.39, 0.29) is 24.0 Å². The number of nitrogens with one attached hydrogen (secondary N) is 2. The molecule has 0 aliphatic rings. The molecule has 0 atom stereocenters. The summed E-state index contributed by atoms with van der Waals surface area (Å²) in [5.74, 6) is 0.908. The highest BCUT2D eigenvalue weighted by molar-refractivity contribution is 14.0. The number of hydrogen-bond donors (Lipinski definition) is 2. The van der Waals surface area contributed by atoms with Crippen LogP contribution in [-0.4, -0.2) is 25.6 Å². The van der Waals surface area contributed by atoms with E-state index in [2.05, 4.69) is 50.2 Å². The number of hydrogen-bond acceptors (Lipinski definition) is 1. The van der Waals surface area contributed by atoms with Gasteiger partial charge < -0.3 is 10.6 Å². The quantitative estimate of drug-likeness (QED) is 0.343. The molecule has 0 saturated carbocycles. The highest BCUT2D eigenvalue weighted by Crippen LogP contribution is 2.20. The lowest BCUT2D eigenvalue weighted by molar-refractivity contribution is 0.360. The van der Waals surface area contributed by atoms with Crippen LogP contribution in [0.15, 0.2) is 4.99 Å². The van der Waals surface area contributed by atoms with E-state index in [0.29, 0.717) is 11.5 Å². The summed E-state index contributed by atoms with van der Waals surface area (Å²) in [5.41, 5.74) is 0.456. The van der Waals surface area contributed by atoms with Gasteiger partial charge in [-0.15, -0.1) is 24.0 Å². The van der Waals surface area contributed by atoms with E-state index in [0.717, 1.165) is 12.5 Å². The molecule has 0 radical (unpaired) electrons. The van der Waals surface area contributed by atoms with Gasteiger partial charge in [0.15, 0.2) is 5.96 Å². The maximum absolute atomic E-state index is 4.17. The zero-order valence-electron chi connectivity index (χ0n) is 12.3. The van der Waals surface area contributed by atoms with Gasteiger partial charge in [-0.1, -0.05) is 27.2 Å². The number of guanidine groups is 1.